The van der Waals surface area contributed by atoms with E-state index in [4.69, 9.17) is 9.47 Å². The highest BCUT2D eigenvalue weighted by molar-refractivity contribution is 6.39. The third-order valence-electron chi connectivity index (χ3n) is 3.63. The molecule has 136 valence electrons. The number of Topliss-reactive ketones (excluding diaryl/α,β-unsaturated/α-hetero) is 1. The normalized spacial score (nSPS) is 9.96. The molecule has 2 amide bonds. The van der Waals surface area contributed by atoms with Crippen LogP contribution in [0.5, 0.6) is 11.5 Å². The molecule has 0 aliphatic carbocycles. The number of hydrogen-bond acceptors (Lipinski definition) is 5. The van der Waals surface area contributed by atoms with Gasteiger partial charge in [-0.3, -0.25) is 14.4 Å². The maximum Gasteiger partial charge on any atom is 0.313 e. The summed E-state index contributed by atoms with van der Waals surface area (Å²) in [5.74, 6) is -0.617. The minimum atomic E-state index is -0.814. The molecule has 0 unspecified atom stereocenters. The molecule has 0 saturated heterocycles. The van der Waals surface area contributed by atoms with Gasteiger partial charge in [-0.05, 0) is 36.8 Å². The van der Waals surface area contributed by atoms with Crippen LogP contribution in [0.15, 0.2) is 42.5 Å². The van der Waals surface area contributed by atoms with Gasteiger partial charge in [0.05, 0.1) is 14.2 Å². The van der Waals surface area contributed by atoms with E-state index in [2.05, 4.69) is 10.6 Å². The summed E-state index contributed by atoms with van der Waals surface area (Å²) in [6.07, 6.45) is 0. The van der Waals surface area contributed by atoms with Gasteiger partial charge in [0.25, 0.3) is 0 Å². The summed E-state index contributed by atoms with van der Waals surface area (Å²) in [6.45, 7) is 1.58. The van der Waals surface area contributed by atoms with E-state index >= 15 is 0 Å². The first-order valence-corrected chi connectivity index (χ1v) is 7.85. The molecule has 0 aromatic heterocycles. The molecular weight excluding hydrogens is 336 g/mol. The lowest BCUT2D eigenvalue weighted by Crippen LogP contribution is -2.35. The standard InChI is InChI=1S/C19H20N2O5/c1-12(22)14-5-4-6-15(10-14)21-19(24)18(23)20-11-13-7-8-16(25-2)17(9-13)26-3/h4-10H,11H2,1-3H3,(H,20,23)(H,21,24). The summed E-state index contributed by atoms with van der Waals surface area (Å²) >= 11 is 0. The lowest BCUT2D eigenvalue weighted by molar-refractivity contribution is -0.136. The highest BCUT2D eigenvalue weighted by Crippen LogP contribution is 2.27. The van der Waals surface area contributed by atoms with Gasteiger partial charge >= 0.3 is 11.8 Å². The van der Waals surface area contributed by atoms with Gasteiger partial charge in [-0.1, -0.05) is 18.2 Å². The molecule has 0 radical (unpaired) electrons. The molecule has 2 N–H and O–H groups in total. The van der Waals surface area contributed by atoms with Gasteiger partial charge in [0.1, 0.15) is 0 Å². The van der Waals surface area contributed by atoms with Crippen LogP contribution in [0.1, 0.15) is 22.8 Å². The Labute approximate surface area is 151 Å². The van der Waals surface area contributed by atoms with Crippen molar-refractivity contribution < 1.29 is 23.9 Å². The van der Waals surface area contributed by atoms with Crippen molar-refractivity contribution in [2.24, 2.45) is 0 Å². The number of carbonyl (C=O) groups excluding carboxylic acids is 3. The van der Waals surface area contributed by atoms with E-state index in [1.54, 1.807) is 36.4 Å². The molecular formula is C19H20N2O5. The molecule has 0 aliphatic rings. The number of anilines is 1. The summed E-state index contributed by atoms with van der Waals surface area (Å²) in [7, 11) is 3.05. The Morgan fingerprint density at radius 3 is 2.31 bits per heavy atom. The summed E-state index contributed by atoms with van der Waals surface area (Å²) in [6, 6.07) is 11.6. The van der Waals surface area contributed by atoms with Gasteiger partial charge in [-0.15, -0.1) is 0 Å². The van der Waals surface area contributed by atoms with Crippen molar-refractivity contribution in [1.82, 2.24) is 5.32 Å². The van der Waals surface area contributed by atoms with Crippen molar-refractivity contribution in [2.45, 2.75) is 13.5 Å². The number of ether oxygens (including phenoxy) is 2. The van der Waals surface area contributed by atoms with Crippen molar-refractivity contribution in [3.63, 3.8) is 0 Å². The zero-order chi connectivity index (χ0) is 19.1. The Balaban J connectivity index is 1.96. The van der Waals surface area contributed by atoms with Crippen LogP contribution in [0.25, 0.3) is 0 Å². The number of amides is 2. The second kappa shape index (κ2) is 8.66. The molecule has 7 heteroatoms. The SMILES string of the molecule is COc1ccc(CNC(=O)C(=O)Nc2cccc(C(C)=O)c2)cc1OC. The highest BCUT2D eigenvalue weighted by atomic mass is 16.5. The van der Waals surface area contributed by atoms with Crippen LogP contribution in [0.2, 0.25) is 0 Å². The number of benzene rings is 2. The van der Waals surface area contributed by atoms with Crippen LogP contribution in [-0.4, -0.2) is 31.8 Å². The van der Waals surface area contributed by atoms with Gasteiger partial charge in [0.2, 0.25) is 0 Å². The first-order valence-electron chi connectivity index (χ1n) is 7.85. The van der Waals surface area contributed by atoms with E-state index in [1.165, 1.54) is 27.2 Å². The first kappa shape index (κ1) is 19.0. The summed E-state index contributed by atoms with van der Waals surface area (Å²) in [4.78, 5) is 35.3. The zero-order valence-corrected chi connectivity index (χ0v) is 14.8. The predicted octanol–water partition coefficient (Wildman–Crippen LogP) is 2.16. The Bertz CT molecular complexity index is 832. The predicted molar refractivity (Wildman–Crippen MR) is 96.5 cm³/mol. The third-order valence-corrected chi connectivity index (χ3v) is 3.63. The molecule has 2 aromatic carbocycles. The smallest absolute Gasteiger partial charge is 0.313 e. The number of rotatable bonds is 6. The summed E-state index contributed by atoms with van der Waals surface area (Å²) in [5.41, 5.74) is 1.58. The van der Waals surface area contributed by atoms with Gasteiger partial charge in [-0.2, -0.15) is 0 Å². The number of ketones is 1. The molecule has 26 heavy (non-hydrogen) atoms. The molecule has 0 fully saturated rings. The molecule has 7 nitrogen and oxygen atoms in total. The Kier molecular flexibility index (Phi) is 6.32. The lowest BCUT2D eigenvalue weighted by Gasteiger charge is -2.10. The molecule has 0 spiro atoms. The van der Waals surface area contributed by atoms with Crippen molar-refractivity contribution in [3.05, 3.63) is 53.6 Å². The Hall–Kier alpha value is -3.35. The Morgan fingerprint density at radius 1 is 0.923 bits per heavy atom. The van der Waals surface area contributed by atoms with Crippen LogP contribution in [0, 0.1) is 0 Å². The fourth-order valence-corrected chi connectivity index (χ4v) is 2.26. The lowest BCUT2D eigenvalue weighted by atomic mass is 10.1. The van der Waals surface area contributed by atoms with Crippen LogP contribution < -0.4 is 20.1 Å². The molecule has 2 aromatic rings. The Morgan fingerprint density at radius 2 is 1.65 bits per heavy atom. The summed E-state index contributed by atoms with van der Waals surface area (Å²) in [5, 5.41) is 5.00. The number of hydrogen-bond donors (Lipinski definition) is 2. The average Bonchev–Trinajstić information content (AvgIpc) is 2.65. The number of carbonyl (C=O) groups is 3. The van der Waals surface area contributed by atoms with Gasteiger partial charge in [0.15, 0.2) is 17.3 Å². The fourth-order valence-electron chi connectivity index (χ4n) is 2.26. The van der Waals surface area contributed by atoms with E-state index in [-0.39, 0.29) is 12.3 Å². The summed E-state index contributed by atoms with van der Waals surface area (Å²) < 4.78 is 10.3. The molecule has 2 rings (SSSR count). The van der Waals surface area contributed by atoms with Crippen molar-refractivity contribution >= 4 is 23.3 Å². The minimum absolute atomic E-state index is 0.126. The van der Waals surface area contributed by atoms with Crippen molar-refractivity contribution in [1.29, 1.82) is 0 Å². The van der Waals surface area contributed by atoms with E-state index in [9.17, 15) is 14.4 Å². The molecule has 0 saturated carbocycles. The minimum Gasteiger partial charge on any atom is -0.493 e. The number of nitrogens with one attached hydrogen (secondary N) is 2. The largest absolute Gasteiger partial charge is 0.493 e. The van der Waals surface area contributed by atoms with E-state index in [0.29, 0.717) is 22.7 Å². The van der Waals surface area contributed by atoms with Crippen molar-refractivity contribution in [2.75, 3.05) is 19.5 Å². The van der Waals surface area contributed by atoms with Crippen LogP contribution in [0.4, 0.5) is 5.69 Å². The van der Waals surface area contributed by atoms with Gasteiger partial charge < -0.3 is 20.1 Å². The first-order chi connectivity index (χ1) is 12.4. The quantitative estimate of drug-likeness (QED) is 0.611. The second-order valence-corrected chi connectivity index (χ2v) is 5.46. The fraction of sp³-hybridized carbons (Fsp3) is 0.211. The topological polar surface area (TPSA) is 93.7 Å². The maximum atomic E-state index is 12.0. The van der Waals surface area contributed by atoms with E-state index in [0.717, 1.165) is 5.56 Å². The van der Waals surface area contributed by atoms with Gasteiger partial charge in [0, 0.05) is 17.8 Å². The maximum absolute atomic E-state index is 12.0. The third kappa shape index (κ3) is 4.83. The molecule has 0 aliphatic heterocycles. The number of methoxy groups -OCH3 is 2. The van der Waals surface area contributed by atoms with Crippen molar-refractivity contribution in [3.8, 4) is 11.5 Å². The van der Waals surface area contributed by atoms with Crippen LogP contribution in [-0.2, 0) is 16.1 Å². The zero-order valence-electron chi connectivity index (χ0n) is 14.8. The highest BCUT2D eigenvalue weighted by Gasteiger charge is 2.14. The van der Waals surface area contributed by atoms with Crippen LogP contribution in [0.3, 0.4) is 0 Å². The van der Waals surface area contributed by atoms with Crippen LogP contribution >= 0.6 is 0 Å². The van der Waals surface area contributed by atoms with Gasteiger partial charge in [-0.25, -0.2) is 0 Å². The van der Waals surface area contributed by atoms with E-state index in [1.807, 2.05) is 0 Å². The molecule has 0 heterocycles. The molecule has 0 bridgehead atoms. The monoisotopic (exact) mass is 356 g/mol. The molecule has 0 atom stereocenters. The second-order valence-electron chi connectivity index (χ2n) is 5.46. The average molecular weight is 356 g/mol. The van der Waals surface area contributed by atoms with E-state index < -0.39 is 11.8 Å².